The van der Waals surface area contributed by atoms with Crippen molar-refractivity contribution in [2.75, 3.05) is 18.4 Å². The van der Waals surface area contributed by atoms with Gasteiger partial charge < -0.3 is 10.6 Å². The zero-order valence-corrected chi connectivity index (χ0v) is 15.3. The molecule has 27 heavy (non-hydrogen) atoms. The first-order valence-corrected chi connectivity index (χ1v) is 9.50. The summed E-state index contributed by atoms with van der Waals surface area (Å²) in [5, 5.41) is 18.0. The molecular formula is C19H17N7S. The molecule has 0 aliphatic carbocycles. The van der Waals surface area contributed by atoms with Crippen LogP contribution in [0.15, 0.2) is 46.9 Å². The summed E-state index contributed by atoms with van der Waals surface area (Å²) in [4.78, 5) is 18.0. The smallest absolute Gasteiger partial charge is 0.197 e. The standard InChI is InChI=1S/C19H17N7S/c20-8-6-13-2-4-14(5-3-13)17-21-11-7-15(24-17)16-12-27-19(25-16)26-18-22-9-1-10-23-18/h2-5,7,11-12H,1,6,9-10H2,(H2,22,23,25,26). The Hall–Kier alpha value is -3.31. The van der Waals surface area contributed by atoms with Gasteiger partial charge in [0.25, 0.3) is 0 Å². The second-order valence-electron chi connectivity index (χ2n) is 5.97. The van der Waals surface area contributed by atoms with Gasteiger partial charge in [-0.25, -0.2) is 15.0 Å². The summed E-state index contributed by atoms with van der Waals surface area (Å²) in [7, 11) is 0. The molecule has 7 nitrogen and oxygen atoms in total. The second kappa shape index (κ2) is 7.93. The van der Waals surface area contributed by atoms with Crippen molar-refractivity contribution in [1.82, 2.24) is 20.3 Å². The summed E-state index contributed by atoms with van der Waals surface area (Å²) >= 11 is 1.51. The van der Waals surface area contributed by atoms with Gasteiger partial charge in [-0.1, -0.05) is 24.3 Å². The Kier molecular flexibility index (Phi) is 5.03. The van der Waals surface area contributed by atoms with Crippen molar-refractivity contribution < 1.29 is 0 Å². The number of aromatic nitrogens is 3. The third-order valence-electron chi connectivity index (χ3n) is 4.04. The molecule has 1 aliphatic heterocycles. The summed E-state index contributed by atoms with van der Waals surface area (Å²) in [5.41, 5.74) is 3.45. The molecule has 1 aromatic carbocycles. The Morgan fingerprint density at radius 3 is 2.81 bits per heavy atom. The third-order valence-corrected chi connectivity index (χ3v) is 4.80. The Bertz CT molecular complexity index is 1000. The number of rotatable bonds is 4. The molecular weight excluding hydrogens is 358 g/mol. The van der Waals surface area contributed by atoms with Crippen LogP contribution in [0.1, 0.15) is 12.0 Å². The molecule has 1 aliphatic rings. The molecule has 0 radical (unpaired) electrons. The van der Waals surface area contributed by atoms with E-state index in [1.165, 1.54) is 11.3 Å². The van der Waals surface area contributed by atoms with E-state index in [0.717, 1.165) is 53.1 Å². The zero-order chi connectivity index (χ0) is 18.5. The summed E-state index contributed by atoms with van der Waals surface area (Å²) in [5.74, 6) is 1.40. The number of nitriles is 1. The van der Waals surface area contributed by atoms with Crippen LogP contribution in [0.5, 0.6) is 0 Å². The van der Waals surface area contributed by atoms with E-state index in [-0.39, 0.29) is 0 Å². The zero-order valence-electron chi connectivity index (χ0n) is 14.5. The number of guanidine groups is 1. The topological polar surface area (TPSA) is 98.9 Å². The Balaban J connectivity index is 1.54. The molecule has 8 heteroatoms. The minimum absolute atomic E-state index is 0.399. The molecule has 0 bridgehead atoms. The molecule has 0 atom stereocenters. The maximum atomic E-state index is 8.78. The van der Waals surface area contributed by atoms with Crippen LogP contribution in [-0.2, 0) is 6.42 Å². The molecule has 134 valence electrons. The van der Waals surface area contributed by atoms with Gasteiger partial charge in [0.2, 0.25) is 0 Å². The van der Waals surface area contributed by atoms with Crippen molar-refractivity contribution in [3.05, 3.63) is 47.5 Å². The highest BCUT2D eigenvalue weighted by Gasteiger charge is 2.11. The number of thiazole rings is 1. The monoisotopic (exact) mass is 375 g/mol. The number of hydrogen-bond acceptors (Lipinski definition) is 8. The Morgan fingerprint density at radius 1 is 1.15 bits per heavy atom. The van der Waals surface area contributed by atoms with E-state index in [9.17, 15) is 0 Å². The van der Waals surface area contributed by atoms with E-state index in [4.69, 9.17) is 5.26 Å². The predicted molar refractivity (Wildman–Crippen MR) is 106 cm³/mol. The fourth-order valence-corrected chi connectivity index (χ4v) is 3.37. The van der Waals surface area contributed by atoms with E-state index in [1.807, 2.05) is 35.7 Å². The SMILES string of the molecule is N#CCc1ccc(-c2nccc(-c3csc(NC4=NCCCN4)n3)n2)cc1. The van der Waals surface area contributed by atoms with Crippen LogP contribution in [0.3, 0.4) is 0 Å². The van der Waals surface area contributed by atoms with Gasteiger partial charge >= 0.3 is 0 Å². The third kappa shape index (κ3) is 4.10. The van der Waals surface area contributed by atoms with E-state index in [1.54, 1.807) is 6.20 Å². The van der Waals surface area contributed by atoms with Crippen LogP contribution in [0.2, 0.25) is 0 Å². The number of anilines is 1. The summed E-state index contributed by atoms with van der Waals surface area (Å²) in [6.07, 6.45) is 3.19. The fraction of sp³-hybridized carbons (Fsp3) is 0.211. The maximum absolute atomic E-state index is 8.78. The Morgan fingerprint density at radius 2 is 2.04 bits per heavy atom. The number of aliphatic imine (C=N–C) groups is 1. The van der Waals surface area contributed by atoms with Gasteiger partial charge in [-0.15, -0.1) is 11.3 Å². The van der Waals surface area contributed by atoms with Crippen LogP contribution in [0.25, 0.3) is 22.8 Å². The minimum Gasteiger partial charge on any atom is -0.356 e. The van der Waals surface area contributed by atoms with Crippen LogP contribution in [0.4, 0.5) is 5.13 Å². The summed E-state index contributed by atoms with van der Waals surface area (Å²) in [6, 6.07) is 11.7. The molecule has 2 aromatic heterocycles. The van der Waals surface area contributed by atoms with Crippen LogP contribution in [-0.4, -0.2) is 34.0 Å². The van der Waals surface area contributed by atoms with Gasteiger partial charge in [-0.3, -0.25) is 4.99 Å². The van der Waals surface area contributed by atoms with E-state index >= 15 is 0 Å². The van der Waals surface area contributed by atoms with Crippen molar-refractivity contribution in [1.29, 1.82) is 5.26 Å². The lowest BCUT2D eigenvalue weighted by Gasteiger charge is -2.14. The normalized spacial score (nSPS) is 13.4. The van der Waals surface area contributed by atoms with Crippen LogP contribution >= 0.6 is 11.3 Å². The molecule has 0 unspecified atom stereocenters. The predicted octanol–water partition coefficient (Wildman–Crippen LogP) is 3.09. The molecule has 0 saturated heterocycles. The average molecular weight is 375 g/mol. The Labute approximate surface area is 160 Å². The molecule has 3 heterocycles. The molecule has 4 rings (SSSR count). The molecule has 2 N–H and O–H groups in total. The lowest BCUT2D eigenvalue weighted by Crippen LogP contribution is -2.35. The number of nitrogens with zero attached hydrogens (tertiary/aromatic N) is 5. The molecule has 3 aromatic rings. The van der Waals surface area contributed by atoms with Crippen molar-refractivity contribution >= 4 is 22.4 Å². The van der Waals surface area contributed by atoms with Gasteiger partial charge in [-0.2, -0.15) is 5.26 Å². The summed E-state index contributed by atoms with van der Waals surface area (Å²) < 4.78 is 0. The van der Waals surface area contributed by atoms with Crippen molar-refractivity contribution in [2.24, 2.45) is 4.99 Å². The van der Waals surface area contributed by atoms with Crippen molar-refractivity contribution in [3.63, 3.8) is 0 Å². The van der Waals surface area contributed by atoms with Gasteiger partial charge in [0.1, 0.15) is 5.69 Å². The molecule has 0 saturated carbocycles. The molecule has 0 amide bonds. The lowest BCUT2D eigenvalue weighted by molar-refractivity contribution is 0.740. The van der Waals surface area contributed by atoms with Gasteiger partial charge in [-0.05, 0) is 18.1 Å². The minimum atomic E-state index is 0.399. The highest BCUT2D eigenvalue weighted by atomic mass is 32.1. The average Bonchev–Trinajstić information content (AvgIpc) is 3.18. The quantitative estimate of drug-likeness (QED) is 0.727. The van der Waals surface area contributed by atoms with E-state index in [0.29, 0.717) is 12.2 Å². The first-order valence-electron chi connectivity index (χ1n) is 8.62. The summed E-state index contributed by atoms with van der Waals surface area (Å²) in [6.45, 7) is 1.75. The van der Waals surface area contributed by atoms with Gasteiger partial charge in [0.05, 0.1) is 18.2 Å². The van der Waals surface area contributed by atoms with Crippen LogP contribution in [0, 0.1) is 11.3 Å². The number of hydrogen-bond donors (Lipinski definition) is 2. The highest BCUT2D eigenvalue weighted by Crippen LogP contribution is 2.25. The van der Waals surface area contributed by atoms with E-state index < -0.39 is 0 Å². The van der Waals surface area contributed by atoms with Crippen LogP contribution < -0.4 is 10.6 Å². The van der Waals surface area contributed by atoms with E-state index in [2.05, 4.69) is 36.6 Å². The number of nitrogens with one attached hydrogen (secondary N) is 2. The van der Waals surface area contributed by atoms with Crippen molar-refractivity contribution in [2.45, 2.75) is 12.8 Å². The fourth-order valence-electron chi connectivity index (χ4n) is 2.67. The van der Waals surface area contributed by atoms with Gasteiger partial charge in [0.15, 0.2) is 16.9 Å². The first kappa shape index (κ1) is 17.1. The largest absolute Gasteiger partial charge is 0.356 e. The highest BCUT2D eigenvalue weighted by molar-refractivity contribution is 7.14. The number of benzene rings is 1. The van der Waals surface area contributed by atoms with Gasteiger partial charge in [0, 0.05) is 30.2 Å². The second-order valence-corrected chi connectivity index (χ2v) is 6.83. The lowest BCUT2D eigenvalue weighted by atomic mass is 10.1. The first-order chi connectivity index (χ1) is 13.3. The van der Waals surface area contributed by atoms with Crippen molar-refractivity contribution in [3.8, 4) is 28.8 Å². The molecule has 0 spiro atoms. The maximum Gasteiger partial charge on any atom is 0.197 e. The molecule has 0 fully saturated rings.